The second-order valence-electron chi connectivity index (χ2n) is 2.72. The van der Waals surface area contributed by atoms with Crippen LogP contribution < -0.4 is 0 Å². The van der Waals surface area contributed by atoms with Gasteiger partial charge in [0.1, 0.15) is 0 Å². The van der Waals surface area contributed by atoms with Crippen molar-refractivity contribution in [2.24, 2.45) is 0 Å². The topological polar surface area (TPSA) is 36.9 Å². The van der Waals surface area contributed by atoms with Crippen LogP contribution in [0.5, 0.6) is 0 Å². The van der Waals surface area contributed by atoms with Crippen molar-refractivity contribution in [3.8, 4) is 0 Å². The van der Waals surface area contributed by atoms with E-state index in [-0.39, 0.29) is 0 Å². The molecular formula is C10H21ClO4. The molecule has 0 aliphatic rings. The van der Waals surface area contributed by atoms with Crippen LogP contribution in [0.25, 0.3) is 0 Å². The van der Waals surface area contributed by atoms with E-state index in [2.05, 4.69) is 0 Å². The maximum absolute atomic E-state index is 5.43. The quantitative estimate of drug-likeness (QED) is 0.381. The fourth-order valence-corrected chi connectivity index (χ4v) is 0.968. The van der Waals surface area contributed by atoms with Crippen LogP contribution in [0.1, 0.15) is 6.92 Å². The van der Waals surface area contributed by atoms with Gasteiger partial charge < -0.3 is 18.9 Å². The van der Waals surface area contributed by atoms with E-state index >= 15 is 0 Å². The summed E-state index contributed by atoms with van der Waals surface area (Å²) in [4.78, 5) is 0. The maximum Gasteiger partial charge on any atom is 0.0701 e. The van der Waals surface area contributed by atoms with Gasteiger partial charge in [-0.15, -0.1) is 11.6 Å². The first-order valence-electron chi connectivity index (χ1n) is 5.28. The standard InChI is InChI=1S/C10H21ClO4/c1-2-12-5-6-14-9-10-15-8-7-13-4-3-11/h2-10H2,1H3. The summed E-state index contributed by atoms with van der Waals surface area (Å²) < 4.78 is 20.7. The van der Waals surface area contributed by atoms with E-state index in [0.29, 0.717) is 52.1 Å². The molecular weight excluding hydrogens is 220 g/mol. The van der Waals surface area contributed by atoms with Gasteiger partial charge in [-0.05, 0) is 6.92 Å². The Kier molecular flexibility index (Phi) is 14.3. The molecule has 15 heavy (non-hydrogen) atoms. The Balaban J connectivity index is 2.81. The summed E-state index contributed by atoms with van der Waals surface area (Å²) in [6, 6.07) is 0. The lowest BCUT2D eigenvalue weighted by Crippen LogP contribution is -2.12. The first-order valence-corrected chi connectivity index (χ1v) is 5.82. The lowest BCUT2D eigenvalue weighted by atomic mass is 10.7. The molecule has 0 unspecified atom stereocenters. The molecule has 0 atom stereocenters. The molecule has 0 saturated heterocycles. The van der Waals surface area contributed by atoms with E-state index in [4.69, 9.17) is 30.5 Å². The lowest BCUT2D eigenvalue weighted by molar-refractivity contribution is 0.00112. The normalized spacial score (nSPS) is 10.8. The number of rotatable bonds is 12. The number of alkyl halides is 1. The molecule has 0 spiro atoms. The molecule has 5 heteroatoms. The van der Waals surface area contributed by atoms with Crippen LogP contribution in [0, 0.1) is 0 Å². The average molecular weight is 241 g/mol. The molecule has 0 bridgehead atoms. The Labute approximate surface area is 96.8 Å². The van der Waals surface area contributed by atoms with Gasteiger partial charge in [-0.1, -0.05) is 0 Å². The van der Waals surface area contributed by atoms with Crippen LogP contribution in [0.2, 0.25) is 0 Å². The zero-order chi connectivity index (χ0) is 11.2. The van der Waals surface area contributed by atoms with E-state index in [1.165, 1.54) is 0 Å². The molecule has 0 aliphatic heterocycles. The zero-order valence-electron chi connectivity index (χ0n) is 9.37. The van der Waals surface area contributed by atoms with Crippen LogP contribution in [-0.4, -0.2) is 58.7 Å². The fraction of sp³-hybridized carbons (Fsp3) is 1.00. The van der Waals surface area contributed by atoms with Gasteiger partial charge in [0.25, 0.3) is 0 Å². The third kappa shape index (κ3) is 14.1. The van der Waals surface area contributed by atoms with E-state index in [1.807, 2.05) is 6.92 Å². The van der Waals surface area contributed by atoms with Gasteiger partial charge in [0.2, 0.25) is 0 Å². The van der Waals surface area contributed by atoms with Gasteiger partial charge in [0.15, 0.2) is 0 Å². The summed E-state index contributed by atoms with van der Waals surface area (Å²) in [7, 11) is 0. The van der Waals surface area contributed by atoms with E-state index < -0.39 is 0 Å². The van der Waals surface area contributed by atoms with Crippen molar-refractivity contribution in [2.75, 3.05) is 58.7 Å². The van der Waals surface area contributed by atoms with Crippen molar-refractivity contribution in [2.45, 2.75) is 6.92 Å². The van der Waals surface area contributed by atoms with Crippen molar-refractivity contribution >= 4 is 11.6 Å². The van der Waals surface area contributed by atoms with Gasteiger partial charge in [-0.25, -0.2) is 0 Å². The minimum absolute atomic E-state index is 0.528. The largest absolute Gasteiger partial charge is 0.379 e. The molecule has 0 aromatic rings. The second-order valence-corrected chi connectivity index (χ2v) is 3.10. The minimum Gasteiger partial charge on any atom is -0.379 e. The van der Waals surface area contributed by atoms with Gasteiger partial charge in [0, 0.05) is 12.5 Å². The Morgan fingerprint density at radius 3 is 1.47 bits per heavy atom. The molecule has 92 valence electrons. The van der Waals surface area contributed by atoms with Crippen molar-refractivity contribution in [1.29, 1.82) is 0 Å². The first kappa shape index (κ1) is 15.1. The van der Waals surface area contributed by atoms with Gasteiger partial charge in [-0.3, -0.25) is 0 Å². The maximum atomic E-state index is 5.43. The molecule has 0 rings (SSSR count). The Bertz CT molecular complexity index is 102. The Hall–Kier alpha value is 0.130. The van der Waals surface area contributed by atoms with Crippen LogP contribution in [0.4, 0.5) is 0 Å². The third-order valence-electron chi connectivity index (χ3n) is 1.54. The smallest absolute Gasteiger partial charge is 0.0701 e. The van der Waals surface area contributed by atoms with Crippen molar-refractivity contribution in [3.63, 3.8) is 0 Å². The number of ether oxygens (including phenoxy) is 4. The van der Waals surface area contributed by atoms with Gasteiger partial charge in [0.05, 0.1) is 46.2 Å². The van der Waals surface area contributed by atoms with Crippen molar-refractivity contribution in [3.05, 3.63) is 0 Å². The molecule has 4 nitrogen and oxygen atoms in total. The van der Waals surface area contributed by atoms with Crippen LogP contribution in [-0.2, 0) is 18.9 Å². The SMILES string of the molecule is CCOCCOCCOCCOCCCl. The Morgan fingerprint density at radius 1 is 0.667 bits per heavy atom. The summed E-state index contributed by atoms with van der Waals surface area (Å²) in [5.74, 6) is 0.528. The number of hydrogen-bond acceptors (Lipinski definition) is 4. The highest BCUT2D eigenvalue weighted by Crippen LogP contribution is 1.83. The van der Waals surface area contributed by atoms with Gasteiger partial charge >= 0.3 is 0 Å². The molecule has 0 saturated carbocycles. The highest BCUT2D eigenvalue weighted by molar-refractivity contribution is 6.17. The molecule has 0 radical (unpaired) electrons. The lowest BCUT2D eigenvalue weighted by Gasteiger charge is -2.06. The third-order valence-corrected chi connectivity index (χ3v) is 1.70. The summed E-state index contributed by atoms with van der Waals surface area (Å²) in [6.45, 7) is 6.92. The molecule has 0 fully saturated rings. The average Bonchev–Trinajstić information content (AvgIpc) is 2.26. The summed E-state index contributed by atoms with van der Waals surface area (Å²) in [6.07, 6.45) is 0. The summed E-state index contributed by atoms with van der Waals surface area (Å²) >= 11 is 5.43. The molecule has 0 amide bonds. The van der Waals surface area contributed by atoms with E-state index in [9.17, 15) is 0 Å². The fourth-order valence-electron chi connectivity index (χ4n) is 0.859. The summed E-state index contributed by atoms with van der Waals surface area (Å²) in [5, 5.41) is 0. The molecule has 0 N–H and O–H groups in total. The molecule has 0 aliphatic carbocycles. The van der Waals surface area contributed by atoms with Crippen LogP contribution >= 0.6 is 11.6 Å². The highest BCUT2D eigenvalue weighted by Gasteiger charge is 1.91. The minimum atomic E-state index is 0.528. The summed E-state index contributed by atoms with van der Waals surface area (Å²) in [5.41, 5.74) is 0. The second kappa shape index (κ2) is 14.1. The van der Waals surface area contributed by atoms with E-state index in [1.54, 1.807) is 0 Å². The Morgan fingerprint density at radius 2 is 1.07 bits per heavy atom. The van der Waals surface area contributed by atoms with Crippen molar-refractivity contribution < 1.29 is 18.9 Å². The predicted molar refractivity (Wildman–Crippen MR) is 59.7 cm³/mol. The van der Waals surface area contributed by atoms with Crippen LogP contribution in [0.3, 0.4) is 0 Å². The predicted octanol–water partition coefficient (Wildman–Crippen LogP) is 1.31. The van der Waals surface area contributed by atoms with Crippen molar-refractivity contribution in [1.82, 2.24) is 0 Å². The van der Waals surface area contributed by atoms with Gasteiger partial charge in [-0.2, -0.15) is 0 Å². The number of hydrogen-bond donors (Lipinski definition) is 0. The molecule has 0 aromatic heterocycles. The number of halogens is 1. The monoisotopic (exact) mass is 240 g/mol. The van der Waals surface area contributed by atoms with E-state index in [0.717, 1.165) is 6.61 Å². The highest BCUT2D eigenvalue weighted by atomic mass is 35.5. The zero-order valence-corrected chi connectivity index (χ0v) is 10.1. The molecule has 0 aromatic carbocycles. The first-order chi connectivity index (χ1) is 7.41. The molecule has 0 heterocycles. The van der Waals surface area contributed by atoms with Crippen LogP contribution in [0.15, 0.2) is 0 Å².